The van der Waals surface area contributed by atoms with Gasteiger partial charge in [-0.1, -0.05) is 13.8 Å². The number of rotatable bonds is 6. The second kappa shape index (κ2) is 5.00. The lowest BCUT2D eigenvalue weighted by molar-refractivity contribution is 0.450. The van der Waals surface area contributed by atoms with Crippen molar-refractivity contribution in [1.82, 2.24) is 15.1 Å². The van der Waals surface area contributed by atoms with Gasteiger partial charge in [-0.3, -0.25) is 4.68 Å². The fourth-order valence-electron chi connectivity index (χ4n) is 2.33. The van der Waals surface area contributed by atoms with E-state index in [1.54, 1.807) is 0 Å². The first kappa shape index (κ1) is 11.6. The molecule has 3 heteroatoms. The predicted octanol–water partition coefficient (Wildman–Crippen LogP) is 2.53. The second-order valence-electron chi connectivity index (χ2n) is 4.60. The van der Waals surface area contributed by atoms with Gasteiger partial charge in [0.2, 0.25) is 0 Å². The van der Waals surface area contributed by atoms with Gasteiger partial charge in [-0.25, -0.2) is 0 Å². The number of nitrogens with one attached hydrogen (secondary N) is 1. The van der Waals surface area contributed by atoms with Crippen LogP contribution in [0.15, 0.2) is 6.07 Å². The van der Waals surface area contributed by atoms with Crippen LogP contribution in [0.2, 0.25) is 0 Å². The molecule has 0 saturated heterocycles. The molecule has 1 unspecified atom stereocenters. The molecule has 1 N–H and O–H groups in total. The maximum atomic E-state index is 4.64. The molecule has 1 aromatic heterocycles. The van der Waals surface area contributed by atoms with Gasteiger partial charge in [0.25, 0.3) is 0 Å². The van der Waals surface area contributed by atoms with Crippen LogP contribution in [0.4, 0.5) is 0 Å². The highest BCUT2D eigenvalue weighted by Gasteiger charge is 2.33. The van der Waals surface area contributed by atoms with Crippen LogP contribution in [0.1, 0.15) is 51.0 Å². The molecule has 1 aliphatic carbocycles. The molecule has 1 saturated carbocycles. The number of hydrogen-bond donors (Lipinski definition) is 1. The number of aromatic nitrogens is 2. The highest BCUT2D eigenvalue weighted by molar-refractivity contribution is 5.17. The summed E-state index contributed by atoms with van der Waals surface area (Å²) >= 11 is 0. The van der Waals surface area contributed by atoms with Gasteiger partial charge in [0, 0.05) is 6.54 Å². The summed E-state index contributed by atoms with van der Waals surface area (Å²) in [5, 5.41) is 8.25. The van der Waals surface area contributed by atoms with Crippen LogP contribution in [0, 0.1) is 5.92 Å². The van der Waals surface area contributed by atoms with Crippen molar-refractivity contribution >= 4 is 0 Å². The summed E-state index contributed by atoms with van der Waals surface area (Å²) in [4.78, 5) is 0. The highest BCUT2D eigenvalue weighted by Crippen LogP contribution is 2.41. The van der Waals surface area contributed by atoms with E-state index in [-0.39, 0.29) is 0 Å². The predicted molar refractivity (Wildman–Crippen MR) is 66.4 cm³/mol. The molecular formula is C13H23N3. The fraction of sp³-hybridized carbons (Fsp3) is 0.769. The maximum Gasteiger partial charge on any atom is 0.0625 e. The molecule has 2 rings (SSSR count). The summed E-state index contributed by atoms with van der Waals surface area (Å²) in [7, 11) is 0. The first-order chi connectivity index (χ1) is 7.80. The van der Waals surface area contributed by atoms with Crippen LogP contribution in [0.25, 0.3) is 0 Å². The van der Waals surface area contributed by atoms with E-state index in [4.69, 9.17) is 0 Å². The number of aryl methyl sites for hydroxylation is 2. The Morgan fingerprint density at radius 2 is 2.19 bits per heavy atom. The van der Waals surface area contributed by atoms with Crippen molar-refractivity contribution in [3.05, 3.63) is 17.5 Å². The number of hydrogen-bond acceptors (Lipinski definition) is 2. The molecule has 1 aromatic rings. The second-order valence-corrected chi connectivity index (χ2v) is 4.60. The van der Waals surface area contributed by atoms with Gasteiger partial charge in [0.1, 0.15) is 0 Å². The molecule has 3 nitrogen and oxygen atoms in total. The third kappa shape index (κ3) is 2.29. The molecule has 0 radical (unpaired) electrons. The quantitative estimate of drug-likeness (QED) is 0.800. The zero-order valence-electron chi connectivity index (χ0n) is 10.7. The zero-order valence-corrected chi connectivity index (χ0v) is 10.7. The smallest absolute Gasteiger partial charge is 0.0625 e. The van der Waals surface area contributed by atoms with Crippen LogP contribution in [-0.4, -0.2) is 16.3 Å². The van der Waals surface area contributed by atoms with Crippen molar-refractivity contribution in [2.24, 2.45) is 5.92 Å². The van der Waals surface area contributed by atoms with Crippen LogP contribution < -0.4 is 5.32 Å². The van der Waals surface area contributed by atoms with Crippen LogP contribution >= 0.6 is 0 Å². The summed E-state index contributed by atoms with van der Waals surface area (Å²) in [6.07, 6.45) is 3.77. The van der Waals surface area contributed by atoms with E-state index >= 15 is 0 Å². The largest absolute Gasteiger partial charge is 0.309 e. The molecule has 1 fully saturated rings. The van der Waals surface area contributed by atoms with Crippen LogP contribution in [0.3, 0.4) is 0 Å². The van der Waals surface area contributed by atoms with Gasteiger partial charge in [-0.15, -0.1) is 0 Å². The maximum absolute atomic E-state index is 4.64. The SMILES string of the molecule is CCNC(c1cc(CC)nn1CC)C1CC1. The molecule has 1 heterocycles. The molecule has 0 aromatic carbocycles. The van der Waals surface area contributed by atoms with Gasteiger partial charge in [0.15, 0.2) is 0 Å². The fourth-order valence-corrected chi connectivity index (χ4v) is 2.33. The molecule has 0 bridgehead atoms. The van der Waals surface area contributed by atoms with Gasteiger partial charge < -0.3 is 5.32 Å². The van der Waals surface area contributed by atoms with E-state index in [1.165, 1.54) is 24.2 Å². The zero-order chi connectivity index (χ0) is 11.5. The first-order valence-electron chi connectivity index (χ1n) is 6.60. The Labute approximate surface area is 98.2 Å². The van der Waals surface area contributed by atoms with Crippen LogP contribution in [-0.2, 0) is 13.0 Å². The van der Waals surface area contributed by atoms with E-state index in [1.807, 2.05) is 0 Å². The molecule has 1 aliphatic rings. The van der Waals surface area contributed by atoms with E-state index < -0.39 is 0 Å². The van der Waals surface area contributed by atoms with Gasteiger partial charge >= 0.3 is 0 Å². The normalized spacial score (nSPS) is 17.7. The monoisotopic (exact) mass is 221 g/mol. The van der Waals surface area contributed by atoms with Crippen molar-refractivity contribution < 1.29 is 0 Å². The van der Waals surface area contributed by atoms with E-state index in [0.29, 0.717) is 6.04 Å². The Morgan fingerprint density at radius 1 is 1.44 bits per heavy atom. The van der Waals surface area contributed by atoms with Gasteiger partial charge in [-0.05, 0) is 44.7 Å². The summed E-state index contributed by atoms with van der Waals surface area (Å²) in [5.41, 5.74) is 2.61. The third-order valence-corrected chi connectivity index (χ3v) is 3.36. The summed E-state index contributed by atoms with van der Waals surface area (Å²) < 4.78 is 2.17. The van der Waals surface area contributed by atoms with Crippen molar-refractivity contribution in [1.29, 1.82) is 0 Å². The summed E-state index contributed by atoms with van der Waals surface area (Å²) in [5.74, 6) is 0.839. The summed E-state index contributed by atoms with van der Waals surface area (Å²) in [6, 6.07) is 2.81. The minimum absolute atomic E-state index is 0.526. The van der Waals surface area contributed by atoms with Crippen molar-refractivity contribution in [3.63, 3.8) is 0 Å². The van der Waals surface area contributed by atoms with E-state index in [9.17, 15) is 0 Å². The van der Waals surface area contributed by atoms with Gasteiger partial charge in [0.05, 0.1) is 17.4 Å². The Kier molecular flexibility index (Phi) is 3.64. The average molecular weight is 221 g/mol. The van der Waals surface area contributed by atoms with E-state index in [2.05, 4.69) is 41.9 Å². The Bertz CT molecular complexity index is 339. The Morgan fingerprint density at radius 3 is 2.69 bits per heavy atom. The third-order valence-electron chi connectivity index (χ3n) is 3.36. The molecule has 0 spiro atoms. The Hall–Kier alpha value is -0.830. The molecule has 0 aliphatic heterocycles. The molecule has 90 valence electrons. The van der Waals surface area contributed by atoms with Crippen LogP contribution in [0.5, 0.6) is 0 Å². The lowest BCUT2D eigenvalue weighted by atomic mass is 10.1. The molecule has 1 atom stereocenters. The topological polar surface area (TPSA) is 29.9 Å². The first-order valence-corrected chi connectivity index (χ1v) is 6.60. The van der Waals surface area contributed by atoms with Crippen molar-refractivity contribution in [2.45, 2.75) is 52.6 Å². The molecular weight excluding hydrogens is 198 g/mol. The minimum Gasteiger partial charge on any atom is -0.309 e. The standard InChI is InChI=1S/C13H23N3/c1-4-11-9-12(16(6-3)15-11)13(14-5-2)10-7-8-10/h9-10,13-14H,4-8H2,1-3H3. The minimum atomic E-state index is 0.526. The lowest BCUT2D eigenvalue weighted by Crippen LogP contribution is -2.25. The number of nitrogens with zero attached hydrogens (tertiary/aromatic N) is 2. The molecule has 0 amide bonds. The lowest BCUT2D eigenvalue weighted by Gasteiger charge is -2.18. The average Bonchev–Trinajstić information content (AvgIpc) is 3.05. The summed E-state index contributed by atoms with van der Waals surface area (Å²) in [6.45, 7) is 8.54. The highest BCUT2D eigenvalue weighted by atomic mass is 15.3. The van der Waals surface area contributed by atoms with E-state index in [0.717, 1.165) is 25.4 Å². The van der Waals surface area contributed by atoms with Crippen molar-refractivity contribution in [3.8, 4) is 0 Å². The van der Waals surface area contributed by atoms with Gasteiger partial charge in [-0.2, -0.15) is 5.10 Å². The Balaban J connectivity index is 2.23. The molecule has 16 heavy (non-hydrogen) atoms. The van der Waals surface area contributed by atoms with Crippen molar-refractivity contribution in [2.75, 3.05) is 6.54 Å².